The molecule has 0 atom stereocenters. The molecule has 1 heterocycles. The van der Waals surface area contributed by atoms with E-state index in [1.54, 1.807) is 26.3 Å². The van der Waals surface area contributed by atoms with Crippen molar-refractivity contribution in [1.29, 1.82) is 0 Å². The van der Waals surface area contributed by atoms with Crippen LogP contribution in [0, 0.1) is 13.8 Å². The normalized spacial score (nSPS) is 12.9. The highest BCUT2D eigenvalue weighted by Crippen LogP contribution is 2.40. The van der Waals surface area contributed by atoms with Gasteiger partial charge in [-0.05, 0) is 40.2 Å². The highest BCUT2D eigenvalue weighted by molar-refractivity contribution is 8.17. The maximum Gasteiger partial charge on any atom is -0.0119 e. The molecule has 1 rings (SSSR count). The third kappa shape index (κ3) is 1.26. The summed E-state index contributed by atoms with van der Waals surface area (Å²) in [5.41, 5.74) is 0. The minimum atomic E-state index is 1.14. The summed E-state index contributed by atoms with van der Waals surface area (Å²) >= 11 is 0. The lowest BCUT2D eigenvalue weighted by Gasteiger charge is -1.78. The second kappa shape index (κ2) is 2.27. The molecule has 0 aliphatic rings. The molecule has 0 fully saturated rings. The maximum atomic E-state index is 2.23. The maximum absolute atomic E-state index is 2.23. The SMILES string of the molecule is Cc1p[pH]pc1C. The van der Waals surface area contributed by atoms with Crippen molar-refractivity contribution in [3.8, 4) is 0 Å². The first-order valence-electron chi connectivity index (χ1n) is 2.14. The van der Waals surface area contributed by atoms with Gasteiger partial charge in [-0.1, -0.05) is 7.55 Å². The van der Waals surface area contributed by atoms with E-state index in [9.17, 15) is 0 Å². The molecule has 0 saturated carbocycles. The molecule has 0 spiro atoms. The van der Waals surface area contributed by atoms with Gasteiger partial charge in [-0.25, -0.2) is 0 Å². The van der Waals surface area contributed by atoms with Crippen molar-refractivity contribution in [2.75, 3.05) is 0 Å². The topological polar surface area (TPSA) is 0 Å². The van der Waals surface area contributed by atoms with Crippen LogP contribution in [0.4, 0.5) is 0 Å². The molecule has 0 aliphatic heterocycles. The van der Waals surface area contributed by atoms with E-state index in [1.807, 2.05) is 0 Å². The van der Waals surface area contributed by atoms with Crippen molar-refractivity contribution < 1.29 is 0 Å². The summed E-state index contributed by atoms with van der Waals surface area (Å²) in [5, 5.41) is 3.19. The first kappa shape index (κ1) is 5.77. The van der Waals surface area contributed by atoms with Crippen LogP contribution in [0.1, 0.15) is 10.6 Å². The lowest BCUT2D eigenvalue weighted by molar-refractivity contribution is 1.52. The minimum absolute atomic E-state index is 1.14. The zero-order valence-corrected chi connectivity index (χ0v) is 7.18. The number of hydrogen-bond donors (Lipinski definition) is 0. The van der Waals surface area contributed by atoms with Gasteiger partial charge in [-0.2, -0.15) is 0 Å². The van der Waals surface area contributed by atoms with Crippen molar-refractivity contribution in [2.45, 2.75) is 13.8 Å². The molecule has 38 valence electrons. The Kier molecular flexibility index (Phi) is 1.87. The van der Waals surface area contributed by atoms with Crippen molar-refractivity contribution in [2.24, 2.45) is 0 Å². The van der Waals surface area contributed by atoms with E-state index in [4.69, 9.17) is 0 Å². The van der Waals surface area contributed by atoms with E-state index in [1.165, 1.54) is 0 Å². The zero-order chi connectivity index (χ0) is 5.28. The molecule has 0 nitrogen and oxygen atoms in total. The Balaban J connectivity index is 3.12. The molecule has 0 aliphatic carbocycles. The fourth-order valence-corrected chi connectivity index (χ4v) is 7.08. The Bertz CT molecular complexity index is 139. The van der Waals surface area contributed by atoms with Crippen LogP contribution in [0.2, 0.25) is 0 Å². The van der Waals surface area contributed by atoms with Crippen LogP contribution in [0.3, 0.4) is 0 Å². The highest BCUT2D eigenvalue weighted by atomic mass is 32.1. The summed E-state index contributed by atoms with van der Waals surface area (Å²) in [7, 11) is 4.30. The predicted molar refractivity (Wildman–Crippen MR) is 40.4 cm³/mol. The molecule has 0 N–H and O–H groups in total. The fourth-order valence-electron chi connectivity index (χ4n) is 0.337. The molecule has 1 aromatic rings. The Labute approximate surface area is 48.4 Å². The third-order valence-corrected chi connectivity index (χ3v) is 7.09. The molecule has 0 radical (unpaired) electrons. The van der Waals surface area contributed by atoms with Crippen LogP contribution < -0.4 is 0 Å². The molecule has 0 aromatic carbocycles. The van der Waals surface area contributed by atoms with E-state index in [-0.39, 0.29) is 0 Å². The Hall–Kier alpha value is 0.640. The molecule has 0 unspecified atom stereocenters. The average molecular weight is 148 g/mol. The highest BCUT2D eigenvalue weighted by Gasteiger charge is 1.87. The van der Waals surface area contributed by atoms with Gasteiger partial charge in [-0.3, -0.25) is 0 Å². The van der Waals surface area contributed by atoms with Crippen molar-refractivity contribution in [3.63, 3.8) is 0 Å². The number of hydrogen-bond acceptors (Lipinski definition) is 0. The number of rotatable bonds is 0. The molecule has 0 bridgehead atoms. The first-order chi connectivity index (χ1) is 3.30. The van der Waals surface area contributed by atoms with Crippen LogP contribution in [-0.2, 0) is 0 Å². The molecular formula is C4H7P3. The van der Waals surface area contributed by atoms with Crippen molar-refractivity contribution in [1.82, 2.24) is 0 Å². The van der Waals surface area contributed by atoms with E-state index < -0.39 is 0 Å². The summed E-state index contributed by atoms with van der Waals surface area (Å²) in [5.74, 6) is 0. The Morgan fingerprint density at radius 1 is 1.14 bits per heavy atom. The predicted octanol–water partition coefficient (Wildman–Crippen LogP) is 3.49. The smallest absolute Gasteiger partial charge is 0.0119 e. The first-order valence-corrected chi connectivity index (χ1v) is 6.62. The van der Waals surface area contributed by atoms with Gasteiger partial charge in [0.25, 0.3) is 0 Å². The van der Waals surface area contributed by atoms with Gasteiger partial charge in [0.15, 0.2) is 0 Å². The van der Waals surface area contributed by atoms with E-state index in [0.29, 0.717) is 0 Å². The lowest BCUT2D eigenvalue weighted by Crippen LogP contribution is -1.56. The minimum Gasteiger partial charge on any atom is -0.0813 e. The molecular weight excluding hydrogens is 141 g/mol. The van der Waals surface area contributed by atoms with Gasteiger partial charge in [0.05, 0.1) is 0 Å². The van der Waals surface area contributed by atoms with E-state index in [2.05, 4.69) is 13.8 Å². The summed E-state index contributed by atoms with van der Waals surface area (Å²) in [4.78, 5) is 0. The second-order valence-corrected chi connectivity index (χ2v) is 7.22. The fraction of sp³-hybridized carbons (Fsp3) is 0.500. The molecule has 1 aromatic heterocycles. The Morgan fingerprint density at radius 2 is 1.57 bits per heavy atom. The van der Waals surface area contributed by atoms with Crippen molar-refractivity contribution in [3.05, 3.63) is 10.6 Å². The van der Waals surface area contributed by atoms with Crippen molar-refractivity contribution >= 4 is 23.3 Å². The quantitative estimate of drug-likeness (QED) is 0.528. The second-order valence-electron chi connectivity index (χ2n) is 1.49. The van der Waals surface area contributed by atoms with Crippen LogP contribution in [0.15, 0.2) is 0 Å². The van der Waals surface area contributed by atoms with Crippen LogP contribution in [-0.4, -0.2) is 0 Å². The summed E-state index contributed by atoms with van der Waals surface area (Å²) in [6.45, 7) is 4.45. The van der Waals surface area contributed by atoms with Gasteiger partial charge >= 0.3 is 0 Å². The van der Waals surface area contributed by atoms with Gasteiger partial charge < -0.3 is 0 Å². The van der Waals surface area contributed by atoms with E-state index >= 15 is 0 Å². The number of aryl methyl sites for hydroxylation is 2. The van der Waals surface area contributed by atoms with Crippen LogP contribution in [0.5, 0.6) is 0 Å². The lowest BCUT2D eigenvalue weighted by atomic mass is 10.5. The average Bonchev–Trinajstić information content (AvgIpc) is 1.91. The summed E-state index contributed by atoms with van der Waals surface area (Å²) in [6, 6.07) is 0. The Morgan fingerprint density at radius 3 is 1.71 bits per heavy atom. The largest absolute Gasteiger partial charge is 0.0813 e. The molecule has 0 amide bonds. The van der Waals surface area contributed by atoms with Gasteiger partial charge in [-0.15, -0.1) is 0 Å². The summed E-state index contributed by atoms with van der Waals surface area (Å²) < 4.78 is 0. The van der Waals surface area contributed by atoms with E-state index in [0.717, 1.165) is 7.55 Å². The molecule has 3 heteroatoms. The van der Waals surface area contributed by atoms with Crippen LogP contribution >= 0.6 is 23.3 Å². The zero-order valence-electron chi connectivity index (χ0n) is 4.39. The van der Waals surface area contributed by atoms with Gasteiger partial charge in [0, 0.05) is 0 Å². The monoisotopic (exact) mass is 148 g/mol. The standard InChI is InChI=1S/C4H7P3/c1-3-4(2)6-7-5-3/h7H,1-2H3. The molecule has 0 saturated heterocycles. The van der Waals surface area contributed by atoms with Crippen LogP contribution in [0.25, 0.3) is 0 Å². The third-order valence-electron chi connectivity index (χ3n) is 0.959. The molecule has 7 heavy (non-hydrogen) atoms. The van der Waals surface area contributed by atoms with Gasteiger partial charge in [0.1, 0.15) is 0 Å². The summed E-state index contributed by atoms with van der Waals surface area (Å²) in [6.07, 6.45) is 0. The van der Waals surface area contributed by atoms with Gasteiger partial charge in [0.2, 0.25) is 0 Å².